The van der Waals surface area contributed by atoms with Gasteiger partial charge in [0.05, 0.1) is 25.1 Å². The molecule has 1 aliphatic heterocycles. The molecule has 1 aliphatic rings. The van der Waals surface area contributed by atoms with Crippen LogP contribution in [0, 0.1) is 0 Å². The number of carbonyl (C=O) groups is 1. The van der Waals surface area contributed by atoms with E-state index in [1.807, 2.05) is 25.9 Å². The van der Waals surface area contributed by atoms with E-state index in [1.165, 1.54) is 0 Å². The highest BCUT2D eigenvalue weighted by molar-refractivity contribution is 8.07. The van der Waals surface area contributed by atoms with Crippen LogP contribution in [-0.2, 0) is 6.54 Å². The summed E-state index contributed by atoms with van der Waals surface area (Å²) >= 11 is 3.62. The fourth-order valence-corrected chi connectivity index (χ4v) is 4.99. The molecular formula is C14H23N3O2S2. The van der Waals surface area contributed by atoms with Crippen molar-refractivity contribution in [2.45, 2.75) is 24.0 Å². The fraction of sp³-hybridized carbons (Fsp3) is 0.714. The first-order chi connectivity index (χ1) is 10.0. The molecule has 1 aromatic heterocycles. The minimum absolute atomic E-state index is 0.00699. The van der Waals surface area contributed by atoms with Gasteiger partial charge in [-0.15, -0.1) is 11.8 Å². The highest BCUT2D eigenvalue weighted by Gasteiger charge is 2.33. The number of aromatic nitrogens is 2. The number of likely N-dealkylation sites (N-methyl/N-ethyl adjacent to an activating group) is 1. The summed E-state index contributed by atoms with van der Waals surface area (Å²) < 4.78 is 7.13. The molecule has 118 valence electrons. The van der Waals surface area contributed by atoms with Gasteiger partial charge in [0.25, 0.3) is 0 Å². The highest BCUT2D eigenvalue weighted by atomic mass is 32.2. The maximum absolute atomic E-state index is 12.9. The maximum atomic E-state index is 12.9. The molecule has 1 fully saturated rings. The van der Waals surface area contributed by atoms with E-state index in [1.54, 1.807) is 29.8 Å². The summed E-state index contributed by atoms with van der Waals surface area (Å²) in [6.07, 6.45) is 1.65. The molecule has 0 bridgehead atoms. The molecule has 1 aromatic rings. The van der Waals surface area contributed by atoms with Crippen molar-refractivity contribution in [3.63, 3.8) is 0 Å². The zero-order chi connectivity index (χ0) is 15.4. The minimum Gasteiger partial charge on any atom is -0.493 e. The Morgan fingerprint density at radius 3 is 2.81 bits per heavy atom. The van der Waals surface area contributed by atoms with Crippen LogP contribution in [0.25, 0.3) is 0 Å². The van der Waals surface area contributed by atoms with Gasteiger partial charge in [0.1, 0.15) is 5.69 Å². The number of ketones is 1. The molecule has 0 aliphatic carbocycles. The SMILES string of the molecule is COc1cnn(CCN(C)C)c1C(=O)C1SCCSC1C. The monoisotopic (exact) mass is 329 g/mol. The van der Waals surface area contributed by atoms with E-state index in [0.717, 1.165) is 18.1 Å². The third-order valence-electron chi connectivity index (χ3n) is 3.46. The molecule has 0 spiro atoms. The molecule has 7 heteroatoms. The van der Waals surface area contributed by atoms with E-state index in [0.29, 0.717) is 23.2 Å². The van der Waals surface area contributed by atoms with Gasteiger partial charge in [-0.2, -0.15) is 16.9 Å². The maximum Gasteiger partial charge on any atom is 0.198 e. The van der Waals surface area contributed by atoms with Gasteiger partial charge in [0.2, 0.25) is 0 Å². The van der Waals surface area contributed by atoms with E-state index in [-0.39, 0.29) is 11.0 Å². The lowest BCUT2D eigenvalue weighted by atomic mass is 10.1. The highest BCUT2D eigenvalue weighted by Crippen LogP contribution is 2.34. The van der Waals surface area contributed by atoms with Crippen LogP contribution in [0.2, 0.25) is 0 Å². The molecule has 2 heterocycles. The smallest absolute Gasteiger partial charge is 0.198 e. The van der Waals surface area contributed by atoms with E-state index < -0.39 is 0 Å². The van der Waals surface area contributed by atoms with Crippen molar-refractivity contribution in [1.82, 2.24) is 14.7 Å². The summed E-state index contributed by atoms with van der Waals surface area (Å²) in [7, 11) is 5.62. The van der Waals surface area contributed by atoms with Crippen molar-refractivity contribution in [1.29, 1.82) is 0 Å². The second kappa shape index (κ2) is 7.56. The van der Waals surface area contributed by atoms with E-state index >= 15 is 0 Å². The quantitative estimate of drug-likeness (QED) is 0.743. The van der Waals surface area contributed by atoms with E-state index in [9.17, 15) is 4.79 Å². The Morgan fingerprint density at radius 1 is 1.48 bits per heavy atom. The Labute approximate surface area is 134 Å². The van der Waals surface area contributed by atoms with Crippen molar-refractivity contribution in [3.05, 3.63) is 11.9 Å². The second-order valence-electron chi connectivity index (χ2n) is 5.32. The topological polar surface area (TPSA) is 47.4 Å². The van der Waals surface area contributed by atoms with Gasteiger partial charge >= 0.3 is 0 Å². The zero-order valence-electron chi connectivity index (χ0n) is 13.0. The van der Waals surface area contributed by atoms with E-state index in [2.05, 4.69) is 16.9 Å². The Morgan fingerprint density at radius 2 is 2.19 bits per heavy atom. The summed E-state index contributed by atoms with van der Waals surface area (Å²) in [5, 5.41) is 4.65. The molecule has 21 heavy (non-hydrogen) atoms. The number of rotatable bonds is 6. The lowest BCUT2D eigenvalue weighted by molar-refractivity contribution is 0.0975. The van der Waals surface area contributed by atoms with Crippen molar-refractivity contribution in [2.75, 3.05) is 39.3 Å². The molecule has 0 amide bonds. The molecule has 0 aromatic carbocycles. The first-order valence-electron chi connectivity index (χ1n) is 7.06. The molecule has 2 rings (SSSR count). The van der Waals surface area contributed by atoms with Gasteiger partial charge in [-0.05, 0) is 14.1 Å². The van der Waals surface area contributed by atoms with Crippen LogP contribution in [0.4, 0.5) is 0 Å². The van der Waals surface area contributed by atoms with Crippen LogP contribution in [0.15, 0.2) is 6.20 Å². The van der Waals surface area contributed by atoms with Crippen LogP contribution in [0.1, 0.15) is 17.4 Å². The van der Waals surface area contributed by atoms with Gasteiger partial charge in [-0.1, -0.05) is 6.92 Å². The van der Waals surface area contributed by atoms with Gasteiger partial charge < -0.3 is 9.64 Å². The average molecular weight is 329 g/mol. The molecule has 0 N–H and O–H groups in total. The first-order valence-corrected chi connectivity index (χ1v) is 9.16. The Bertz CT molecular complexity index is 491. The Hall–Kier alpha value is -0.660. The largest absolute Gasteiger partial charge is 0.493 e. The first kappa shape index (κ1) is 16.7. The lowest BCUT2D eigenvalue weighted by Crippen LogP contribution is -2.33. The summed E-state index contributed by atoms with van der Waals surface area (Å²) in [6.45, 7) is 3.66. The summed E-state index contributed by atoms with van der Waals surface area (Å²) in [6, 6.07) is 0. The number of hydrogen-bond acceptors (Lipinski definition) is 6. The third-order valence-corrected chi connectivity index (χ3v) is 6.55. The average Bonchev–Trinajstić information content (AvgIpc) is 2.87. The van der Waals surface area contributed by atoms with Crippen molar-refractivity contribution >= 4 is 29.3 Å². The number of methoxy groups -OCH3 is 1. The number of ether oxygens (including phenoxy) is 1. The second-order valence-corrected chi connectivity index (χ2v) is 8.05. The van der Waals surface area contributed by atoms with Crippen molar-refractivity contribution in [3.8, 4) is 5.75 Å². The number of thioether (sulfide) groups is 2. The fourth-order valence-electron chi connectivity index (χ4n) is 2.29. The summed E-state index contributed by atoms with van der Waals surface area (Å²) in [4.78, 5) is 15.0. The van der Waals surface area contributed by atoms with Crippen LogP contribution in [-0.4, -0.2) is 70.2 Å². The van der Waals surface area contributed by atoms with Crippen LogP contribution < -0.4 is 4.74 Å². The molecule has 2 atom stereocenters. The Balaban J connectivity index is 2.23. The summed E-state index contributed by atoms with van der Waals surface area (Å²) in [5.41, 5.74) is 0.617. The number of nitrogens with zero attached hydrogens (tertiary/aromatic N) is 3. The number of Topliss-reactive ketones (excluding diaryl/α,β-unsaturated/α-hetero) is 1. The minimum atomic E-state index is -0.00699. The molecule has 0 saturated carbocycles. The van der Waals surface area contributed by atoms with Crippen molar-refractivity contribution < 1.29 is 9.53 Å². The van der Waals surface area contributed by atoms with E-state index in [4.69, 9.17) is 4.74 Å². The predicted octanol–water partition coefficient (Wildman–Crippen LogP) is 1.87. The third kappa shape index (κ3) is 3.96. The predicted molar refractivity (Wildman–Crippen MR) is 89.8 cm³/mol. The Kier molecular flexibility index (Phi) is 6.01. The van der Waals surface area contributed by atoms with Crippen LogP contribution in [0.5, 0.6) is 5.75 Å². The molecule has 2 unspecified atom stereocenters. The molecule has 1 saturated heterocycles. The van der Waals surface area contributed by atoms with Gasteiger partial charge in [-0.3, -0.25) is 9.48 Å². The van der Waals surface area contributed by atoms with Crippen molar-refractivity contribution in [2.24, 2.45) is 0 Å². The van der Waals surface area contributed by atoms with Crippen LogP contribution in [0.3, 0.4) is 0 Å². The lowest BCUT2D eigenvalue weighted by Gasteiger charge is -2.27. The normalized spacial score (nSPS) is 22.5. The van der Waals surface area contributed by atoms with Crippen LogP contribution >= 0.6 is 23.5 Å². The number of hydrogen-bond donors (Lipinski definition) is 0. The van der Waals surface area contributed by atoms with Gasteiger partial charge in [0, 0.05) is 23.3 Å². The van der Waals surface area contributed by atoms with Gasteiger partial charge in [-0.25, -0.2) is 0 Å². The standard InChI is InChI=1S/C14H23N3O2S2/c1-10-14(21-8-7-20-10)13(18)12-11(19-4)9-15-17(12)6-5-16(2)3/h9-10,14H,5-8H2,1-4H3. The summed E-state index contributed by atoms with van der Waals surface area (Å²) in [5.74, 6) is 2.88. The molecule has 5 nitrogen and oxygen atoms in total. The zero-order valence-corrected chi connectivity index (χ0v) is 14.7. The molecule has 0 radical (unpaired) electrons. The molecular weight excluding hydrogens is 306 g/mol. The number of carbonyl (C=O) groups excluding carboxylic acids is 1. The van der Waals surface area contributed by atoms with Gasteiger partial charge in [0.15, 0.2) is 11.5 Å².